The van der Waals surface area contributed by atoms with Gasteiger partial charge in [-0.1, -0.05) is 24.4 Å². The van der Waals surface area contributed by atoms with Gasteiger partial charge in [0, 0.05) is 24.7 Å². The molecule has 1 aromatic rings. The fourth-order valence-electron chi connectivity index (χ4n) is 2.66. The second kappa shape index (κ2) is 5.22. The van der Waals surface area contributed by atoms with Crippen molar-refractivity contribution >= 4 is 17.2 Å². The average Bonchev–Trinajstić information content (AvgIpc) is 3.24. The molecule has 2 nitrogen and oxygen atoms in total. The van der Waals surface area contributed by atoms with E-state index < -0.39 is 0 Å². The second-order valence-corrected chi connectivity index (χ2v) is 6.55. The van der Waals surface area contributed by atoms with E-state index in [1.54, 1.807) is 0 Å². The minimum Gasteiger partial charge on any atom is -0.389 e. The standard InChI is InChI=1S/C16H22N2S/c1-11-8-13(16(17)19)4-5-14(11)10-18(15-6-7-15)9-12-2-3-12/h4-5,8,12,15H,2-3,6-7,9-10H2,1H3,(H2,17,19). The molecule has 19 heavy (non-hydrogen) atoms. The Bertz CT molecular complexity index is 490. The van der Waals surface area contributed by atoms with Crippen LogP contribution in [0.4, 0.5) is 0 Å². The quantitative estimate of drug-likeness (QED) is 0.809. The van der Waals surface area contributed by atoms with Gasteiger partial charge in [-0.15, -0.1) is 0 Å². The Morgan fingerprint density at radius 2 is 2.05 bits per heavy atom. The van der Waals surface area contributed by atoms with Gasteiger partial charge in [-0.2, -0.15) is 0 Å². The lowest BCUT2D eigenvalue weighted by Crippen LogP contribution is -2.28. The molecule has 102 valence electrons. The van der Waals surface area contributed by atoms with Crippen LogP contribution in [0.5, 0.6) is 0 Å². The first-order valence-corrected chi connectivity index (χ1v) is 7.67. The third kappa shape index (κ3) is 3.34. The van der Waals surface area contributed by atoms with Gasteiger partial charge in [-0.05, 0) is 55.7 Å². The van der Waals surface area contributed by atoms with Crippen LogP contribution in [0.1, 0.15) is 42.4 Å². The Morgan fingerprint density at radius 3 is 2.58 bits per heavy atom. The first kappa shape index (κ1) is 13.1. The Morgan fingerprint density at radius 1 is 1.32 bits per heavy atom. The summed E-state index contributed by atoms with van der Waals surface area (Å²) in [5, 5.41) is 0. The van der Waals surface area contributed by atoms with Gasteiger partial charge in [0.1, 0.15) is 4.99 Å². The van der Waals surface area contributed by atoms with E-state index in [-0.39, 0.29) is 0 Å². The summed E-state index contributed by atoms with van der Waals surface area (Å²) in [6, 6.07) is 7.23. The summed E-state index contributed by atoms with van der Waals surface area (Å²) >= 11 is 5.04. The highest BCUT2D eigenvalue weighted by atomic mass is 32.1. The first-order valence-electron chi connectivity index (χ1n) is 7.27. The van der Waals surface area contributed by atoms with Crippen LogP contribution < -0.4 is 5.73 Å². The van der Waals surface area contributed by atoms with E-state index in [0.29, 0.717) is 4.99 Å². The smallest absolute Gasteiger partial charge is 0.103 e. The Labute approximate surface area is 121 Å². The average molecular weight is 274 g/mol. The maximum Gasteiger partial charge on any atom is 0.103 e. The molecule has 0 saturated heterocycles. The van der Waals surface area contributed by atoms with Crippen LogP contribution in [0.25, 0.3) is 0 Å². The summed E-state index contributed by atoms with van der Waals surface area (Å²) in [5.74, 6) is 0.969. The highest BCUT2D eigenvalue weighted by Crippen LogP contribution is 2.35. The summed E-state index contributed by atoms with van der Waals surface area (Å²) in [6.45, 7) is 4.55. The summed E-state index contributed by atoms with van der Waals surface area (Å²) < 4.78 is 0. The van der Waals surface area contributed by atoms with E-state index in [4.69, 9.17) is 18.0 Å². The molecule has 2 fully saturated rings. The highest BCUT2D eigenvalue weighted by Gasteiger charge is 2.33. The lowest BCUT2D eigenvalue weighted by Gasteiger charge is -2.23. The molecule has 0 heterocycles. The number of rotatable bonds is 6. The predicted octanol–water partition coefficient (Wildman–Crippen LogP) is 3.00. The minimum atomic E-state index is 0.492. The first-order chi connectivity index (χ1) is 9.13. The Hall–Kier alpha value is -0.930. The van der Waals surface area contributed by atoms with E-state index in [1.807, 2.05) is 0 Å². The summed E-state index contributed by atoms with van der Waals surface area (Å²) in [4.78, 5) is 3.17. The molecule has 0 bridgehead atoms. The van der Waals surface area contributed by atoms with Crippen LogP contribution in [0.3, 0.4) is 0 Å². The number of hydrogen-bond donors (Lipinski definition) is 1. The monoisotopic (exact) mass is 274 g/mol. The van der Waals surface area contributed by atoms with Crippen LogP contribution in [0, 0.1) is 12.8 Å². The third-order valence-electron chi connectivity index (χ3n) is 4.25. The molecular formula is C16H22N2S. The molecule has 1 aromatic carbocycles. The topological polar surface area (TPSA) is 29.3 Å². The lowest BCUT2D eigenvalue weighted by atomic mass is 10.0. The van der Waals surface area contributed by atoms with Crippen LogP contribution >= 0.6 is 12.2 Å². The fourth-order valence-corrected chi connectivity index (χ4v) is 2.79. The van der Waals surface area contributed by atoms with Crippen LogP contribution in [0.2, 0.25) is 0 Å². The van der Waals surface area contributed by atoms with Gasteiger partial charge in [0.15, 0.2) is 0 Å². The largest absolute Gasteiger partial charge is 0.389 e. The van der Waals surface area contributed by atoms with Crippen molar-refractivity contribution in [1.82, 2.24) is 4.90 Å². The van der Waals surface area contributed by atoms with E-state index in [9.17, 15) is 0 Å². The van der Waals surface area contributed by atoms with Gasteiger partial charge in [0.2, 0.25) is 0 Å². The Kier molecular flexibility index (Phi) is 3.59. The van der Waals surface area contributed by atoms with Crippen molar-refractivity contribution in [1.29, 1.82) is 0 Å². The normalized spacial score (nSPS) is 18.8. The molecule has 0 unspecified atom stereocenters. The zero-order valence-corrected chi connectivity index (χ0v) is 12.4. The molecule has 2 N–H and O–H groups in total. The zero-order chi connectivity index (χ0) is 13.4. The van der Waals surface area contributed by atoms with Gasteiger partial charge in [0.25, 0.3) is 0 Å². The fraction of sp³-hybridized carbons (Fsp3) is 0.562. The maximum atomic E-state index is 5.69. The summed E-state index contributed by atoms with van der Waals surface area (Å²) in [7, 11) is 0. The molecule has 3 rings (SSSR count). The summed E-state index contributed by atoms with van der Waals surface area (Å²) in [5.41, 5.74) is 9.41. The molecule has 0 spiro atoms. The molecule has 0 radical (unpaired) electrons. The SMILES string of the molecule is Cc1cc(C(N)=S)ccc1CN(CC1CC1)C1CC1. The lowest BCUT2D eigenvalue weighted by molar-refractivity contribution is 0.243. The number of nitrogens with zero attached hydrogens (tertiary/aromatic N) is 1. The molecule has 0 amide bonds. The van der Waals surface area contributed by atoms with E-state index in [0.717, 1.165) is 24.1 Å². The van der Waals surface area contributed by atoms with Gasteiger partial charge in [0.05, 0.1) is 0 Å². The minimum absolute atomic E-state index is 0.492. The number of hydrogen-bond acceptors (Lipinski definition) is 2. The van der Waals surface area contributed by atoms with Crippen molar-refractivity contribution in [3.05, 3.63) is 34.9 Å². The van der Waals surface area contributed by atoms with E-state index >= 15 is 0 Å². The molecule has 2 saturated carbocycles. The number of thiocarbonyl (C=S) groups is 1. The molecule has 0 aliphatic heterocycles. The van der Waals surface area contributed by atoms with Crippen LogP contribution in [-0.2, 0) is 6.54 Å². The van der Waals surface area contributed by atoms with Crippen molar-refractivity contribution < 1.29 is 0 Å². The van der Waals surface area contributed by atoms with Gasteiger partial charge in [-0.25, -0.2) is 0 Å². The van der Waals surface area contributed by atoms with Gasteiger partial charge < -0.3 is 5.73 Å². The van der Waals surface area contributed by atoms with Crippen molar-refractivity contribution in [2.45, 2.75) is 45.2 Å². The molecule has 2 aliphatic rings. The van der Waals surface area contributed by atoms with Gasteiger partial charge >= 0.3 is 0 Å². The van der Waals surface area contributed by atoms with Crippen LogP contribution in [0.15, 0.2) is 18.2 Å². The zero-order valence-electron chi connectivity index (χ0n) is 11.6. The highest BCUT2D eigenvalue weighted by molar-refractivity contribution is 7.80. The molecule has 2 aliphatic carbocycles. The molecule has 0 atom stereocenters. The van der Waals surface area contributed by atoms with Crippen molar-refractivity contribution in [2.75, 3.05) is 6.54 Å². The maximum absolute atomic E-state index is 5.69. The molecule has 3 heteroatoms. The molecule has 0 aromatic heterocycles. The van der Waals surface area contributed by atoms with Crippen molar-refractivity contribution in [3.8, 4) is 0 Å². The van der Waals surface area contributed by atoms with E-state index in [1.165, 1.54) is 43.4 Å². The Balaban J connectivity index is 1.71. The van der Waals surface area contributed by atoms with Crippen molar-refractivity contribution in [3.63, 3.8) is 0 Å². The number of nitrogens with two attached hydrogens (primary N) is 1. The summed E-state index contributed by atoms with van der Waals surface area (Å²) in [6.07, 6.45) is 5.64. The number of benzene rings is 1. The molecular weight excluding hydrogens is 252 g/mol. The van der Waals surface area contributed by atoms with Gasteiger partial charge in [-0.3, -0.25) is 4.90 Å². The van der Waals surface area contributed by atoms with E-state index in [2.05, 4.69) is 30.0 Å². The second-order valence-electron chi connectivity index (χ2n) is 6.11. The third-order valence-corrected chi connectivity index (χ3v) is 4.49. The number of aryl methyl sites for hydroxylation is 1. The predicted molar refractivity (Wildman–Crippen MR) is 83.2 cm³/mol. The van der Waals surface area contributed by atoms with Crippen molar-refractivity contribution in [2.24, 2.45) is 11.7 Å². The van der Waals surface area contributed by atoms with Crippen LogP contribution in [-0.4, -0.2) is 22.5 Å².